The zero-order valence-electron chi connectivity index (χ0n) is 14.2. The average molecular weight is 373 g/mol. The molecule has 2 heterocycles. The second-order valence-electron chi connectivity index (χ2n) is 6.22. The molecule has 0 aliphatic carbocycles. The first-order valence-corrected chi connectivity index (χ1v) is 8.00. The van der Waals surface area contributed by atoms with Gasteiger partial charge in [0.2, 0.25) is 5.91 Å². The molecular formula is C17H26Cl2N4O. The number of imidazole rings is 1. The molecule has 1 amide bonds. The second-order valence-corrected chi connectivity index (χ2v) is 6.22. The number of nitrogens with one attached hydrogen (secondary N) is 1. The second kappa shape index (κ2) is 9.25. The zero-order chi connectivity index (χ0) is 15.5. The highest BCUT2D eigenvalue weighted by Crippen LogP contribution is 2.17. The number of amides is 1. The first-order chi connectivity index (χ1) is 10.6. The van der Waals surface area contributed by atoms with Crippen LogP contribution in [-0.4, -0.2) is 40.5 Å². The molecule has 0 radical (unpaired) electrons. The number of para-hydroxylation sites is 2. The molecule has 1 aliphatic heterocycles. The summed E-state index contributed by atoms with van der Waals surface area (Å²) in [5.74, 6) is 1.80. The van der Waals surface area contributed by atoms with Crippen LogP contribution in [0.2, 0.25) is 0 Å². The Morgan fingerprint density at radius 1 is 1.38 bits per heavy atom. The molecule has 24 heavy (non-hydrogen) atoms. The zero-order valence-corrected chi connectivity index (χ0v) is 15.8. The van der Waals surface area contributed by atoms with E-state index in [9.17, 15) is 4.79 Å². The minimum absolute atomic E-state index is 0. The van der Waals surface area contributed by atoms with Gasteiger partial charge >= 0.3 is 0 Å². The van der Waals surface area contributed by atoms with Gasteiger partial charge in [-0.2, -0.15) is 0 Å². The molecule has 1 aromatic carbocycles. The van der Waals surface area contributed by atoms with Gasteiger partial charge in [0.05, 0.1) is 17.6 Å². The highest BCUT2D eigenvalue weighted by Gasteiger charge is 2.18. The van der Waals surface area contributed by atoms with E-state index in [-0.39, 0.29) is 30.7 Å². The van der Waals surface area contributed by atoms with Gasteiger partial charge in [0.15, 0.2) is 0 Å². The highest BCUT2D eigenvalue weighted by atomic mass is 35.5. The smallest absolute Gasteiger partial charge is 0.222 e. The fourth-order valence-corrected chi connectivity index (χ4v) is 3.12. The summed E-state index contributed by atoms with van der Waals surface area (Å²) < 4.78 is 2.07. The van der Waals surface area contributed by atoms with Gasteiger partial charge in [0.25, 0.3) is 0 Å². The number of aryl methyl sites for hydroxylation is 1. The summed E-state index contributed by atoms with van der Waals surface area (Å²) in [5, 5.41) is 3.35. The molecule has 5 nitrogen and oxygen atoms in total. The fourth-order valence-electron chi connectivity index (χ4n) is 3.12. The van der Waals surface area contributed by atoms with Crippen LogP contribution in [0, 0.1) is 5.92 Å². The lowest BCUT2D eigenvalue weighted by molar-refractivity contribution is -0.130. The lowest BCUT2D eigenvalue weighted by Crippen LogP contribution is -2.28. The van der Waals surface area contributed by atoms with Crippen molar-refractivity contribution in [3.63, 3.8) is 0 Å². The molecule has 1 atom stereocenters. The molecule has 134 valence electrons. The van der Waals surface area contributed by atoms with Crippen molar-refractivity contribution in [2.45, 2.75) is 25.8 Å². The normalized spacial score (nSPS) is 16.5. The van der Waals surface area contributed by atoms with Crippen molar-refractivity contribution in [2.24, 2.45) is 13.0 Å². The number of benzene rings is 1. The van der Waals surface area contributed by atoms with E-state index < -0.39 is 0 Å². The third kappa shape index (κ3) is 4.62. The summed E-state index contributed by atoms with van der Waals surface area (Å²) >= 11 is 0. The van der Waals surface area contributed by atoms with Gasteiger partial charge in [-0.05, 0) is 44.0 Å². The molecule has 1 saturated heterocycles. The van der Waals surface area contributed by atoms with Crippen LogP contribution in [0.1, 0.15) is 25.1 Å². The Bertz CT molecular complexity index is 668. The molecule has 1 unspecified atom stereocenters. The van der Waals surface area contributed by atoms with E-state index in [1.807, 2.05) is 32.3 Å². The van der Waals surface area contributed by atoms with E-state index in [1.54, 1.807) is 4.90 Å². The Balaban J connectivity index is 0.00000144. The van der Waals surface area contributed by atoms with Crippen molar-refractivity contribution < 1.29 is 4.79 Å². The number of carbonyl (C=O) groups excluding carboxylic acids is 1. The van der Waals surface area contributed by atoms with Crippen molar-refractivity contribution in [3.05, 3.63) is 30.1 Å². The maximum atomic E-state index is 12.3. The average Bonchev–Trinajstić information content (AvgIpc) is 3.14. The first-order valence-electron chi connectivity index (χ1n) is 8.00. The standard InChI is InChI=1S/C17H24N4O.2ClH/c1-20(17(22)8-7-13-9-10-18-11-13)12-16-19-14-5-3-4-6-15(14)21(16)2;;/h3-6,13,18H,7-12H2,1-2H3;2*1H. The predicted octanol–water partition coefficient (Wildman–Crippen LogP) is 2.77. The van der Waals surface area contributed by atoms with Crippen LogP contribution < -0.4 is 5.32 Å². The van der Waals surface area contributed by atoms with Crippen LogP contribution in [0.5, 0.6) is 0 Å². The first kappa shape index (κ1) is 20.7. The predicted molar refractivity (Wildman–Crippen MR) is 102 cm³/mol. The van der Waals surface area contributed by atoms with Crippen LogP contribution in [0.3, 0.4) is 0 Å². The van der Waals surface area contributed by atoms with E-state index in [4.69, 9.17) is 0 Å². The van der Waals surface area contributed by atoms with E-state index in [1.165, 1.54) is 6.42 Å². The number of carbonyl (C=O) groups is 1. The lowest BCUT2D eigenvalue weighted by Gasteiger charge is -2.18. The van der Waals surface area contributed by atoms with E-state index in [0.29, 0.717) is 18.9 Å². The van der Waals surface area contributed by atoms with Gasteiger partial charge in [0, 0.05) is 20.5 Å². The number of rotatable bonds is 5. The van der Waals surface area contributed by atoms with Gasteiger partial charge in [-0.3, -0.25) is 4.79 Å². The van der Waals surface area contributed by atoms with Crippen LogP contribution in [-0.2, 0) is 18.4 Å². The molecule has 7 heteroatoms. The minimum Gasteiger partial charge on any atom is -0.338 e. The Hall–Kier alpha value is -1.30. The number of aromatic nitrogens is 2. The highest BCUT2D eigenvalue weighted by molar-refractivity contribution is 5.85. The van der Waals surface area contributed by atoms with Gasteiger partial charge in [-0.25, -0.2) is 4.98 Å². The third-order valence-corrected chi connectivity index (χ3v) is 4.61. The lowest BCUT2D eigenvalue weighted by atomic mass is 10.0. The molecule has 1 N–H and O–H groups in total. The van der Waals surface area contributed by atoms with Gasteiger partial charge in [0.1, 0.15) is 5.82 Å². The molecule has 0 bridgehead atoms. The fraction of sp³-hybridized carbons (Fsp3) is 0.529. The number of nitrogens with zero attached hydrogens (tertiary/aromatic N) is 3. The Kier molecular flexibility index (Phi) is 8.00. The molecule has 1 aromatic heterocycles. The van der Waals surface area contributed by atoms with Crippen LogP contribution >= 0.6 is 24.8 Å². The number of fused-ring (bicyclic) bond motifs is 1. The molecular weight excluding hydrogens is 347 g/mol. The summed E-state index contributed by atoms with van der Waals surface area (Å²) in [6.07, 6.45) is 2.81. The van der Waals surface area contributed by atoms with Crippen LogP contribution in [0.4, 0.5) is 0 Å². The number of halogens is 2. The van der Waals surface area contributed by atoms with Gasteiger partial charge in [-0.15, -0.1) is 24.8 Å². The summed E-state index contributed by atoms with van der Waals surface area (Å²) in [6.45, 7) is 2.71. The molecule has 1 aliphatic rings. The Morgan fingerprint density at radius 2 is 2.12 bits per heavy atom. The summed E-state index contributed by atoms with van der Waals surface area (Å²) in [4.78, 5) is 18.7. The minimum atomic E-state index is 0. The van der Waals surface area contributed by atoms with Crippen molar-refractivity contribution in [2.75, 3.05) is 20.1 Å². The molecule has 0 saturated carbocycles. The summed E-state index contributed by atoms with van der Waals surface area (Å²) in [5.41, 5.74) is 2.09. The van der Waals surface area contributed by atoms with E-state index >= 15 is 0 Å². The Labute approximate surface area is 155 Å². The monoisotopic (exact) mass is 372 g/mol. The molecule has 3 rings (SSSR count). The van der Waals surface area contributed by atoms with Gasteiger partial charge in [-0.1, -0.05) is 12.1 Å². The van der Waals surface area contributed by atoms with Crippen molar-refractivity contribution in [1.82, 2.24) is 19.8 Å². The maximum absolute atomic E-state index is 12.3. The van der Waals surface area contributed by atoms with Crippen molar-refractivity contribution in [3.8, 4) is 0 Å². The van der Waals surface area contributed by atoms with Crippen LogP contribution in [0.25, 0.3) is 11.0 Å². The van der Waals surface area contributed by atoms with Gasteiger partial charge < -0.3 is 14.8 Å². The molecule has 2 aromatic rings. The third-order valence-electron chi connectivity index (χ3n) is 4.61. The SMILES string of the molecule is CN(Cc1nc2ccccc2n1C)C(=O)CCC1CCNC1.Cl.Cl. The summed E-state index contributed by atoms with van der Waals surface area (Å²) in [6, 6.07) is 8.07. The number of hydrogen-bond donors (Lipinski definition) is 1. The summed E-state index contributed by atoms with van der Waals surface area (Å²) in [7, 11) is 3.88. The largest absolute Gasteiger partial charge is 0.338 e. The molecule has 1 fully saturated rings. The Morgan fingerprint density at radius 3 is 2.79 bits per heavy atom. The topological polar surface area (TPSA) is 50.2 Å². The van der Waals surface area contributed by atoms with Crippen molar-refractivity contribution >= 4 is 41.8 Å². The number of hydrogen-bond acceptors (Lipinski definition) is 3. The van der Waals surface area contributed by atoms with E-state index in [0.717, 1.165) is 36.4 Å². The van der Waals surface area contributed by atoms with E-state index in [2.05, 4.69) is 20.9 Å². The van der Waals surface area contributed by atoms with Crippen molar-refractivity contribution in [1.29, 1.82) is 0 Å². The quantitative estimate of drug-likeness (QED) is 0.877. The maximum Gasteiger partial charge on any atom is 0.222 e. The van der Waals surface area contributed by atoms with Crippen LogP contribution in [0.15, 0.2) is 24.3 Å². The molecule has 0 spiro atoms.